The average Bonchev–Trinajstić information content (AvgIpc) is 2.99. The van der Waals surface area contributed by atoms with Gasteiger partial charge in [-0.05, 0) is 47.5 Å². The second kappa shape index (κ2) is 7.70. The Kier molecular flexibility index (Phi) is 4.95. The number of halogens is 1. The number of hydrogen-bond acceptors (Lipinski definition) is 3. The molecule has 2 aromatic carbocycles. The van der Waals surface area contributed by atoms with Gasteiger partial charge in [0.1, 0.15) is 5.82 Å². The van der Waals surface area contributed by atoms with Gasteiger partial charge in [-0.15, -0.1) is 0 Å². The lowest BCUT2D eigenvalue weighted by atomic mass is 10.1. The number of aromatic nitrogens is 1. The summed E-state index contributed by atoms with van der Waals surface area (Å²) in [4.78, 5) is 30.2. The average molecular weight is 393 g/mol. The molecule has 0 radical (unpaired) electrons. The number of hydrogen-bond donors (Lipinski definition) is 2. The molecule has 0 atom stereocenters. The van der Waals surface area contributed by atoms with E-state index in [1.807, 2.05) is 24.3 Å². The van der Waals surface area contributed by atoms with Gasteiger partial charge >= 0.3 is 6.03 Å². The summed E-state index contributed by atoms with van der Waals surface area (Å²) >= 11 is 6.08. The normalized spacial score (nSPS) is 12.6. The third-order valence-corrected chi connectivity index (χ3v) is 4.67. The number of pyridine rings is 1. The predicted molar refractivity (Wildman–Crippen MR) is 110 cm³/mol. The minimum atomic E-state index is -0.371. The zero-order chi connectivity index (χ0) is 19.5. The Morgan fingerprint density at radius 3 is 2.64 bits per heavy atom. The van der Waals surface area contributed by atoms with Gasteiger partial charge in [-0.1, -0.05) is 35.9 Å². The van der Waals surface area contributed by atoms with Crippen LogP contribution in [-0.4, -0.2) is 16.9 Å². The molecule has 1 aliphatic rings. The molecule has 4 rings (SSSR count). The Morgan fingerprint density at radius 2 is 1.89 bits per heavy atom. The van der Waals surface area contributed by atoms with Crippen LogP contribution in [0.5, 0.6) is 0 Å². The van der Waals surface area contributed by atoms with E-state index in [-0.39, 0.29) is 11.9 Å². The number of anilines is 3. The number of amides is 3. The molecule has 7 heteroatoms. The molecule has 2 heterocycles. The first-order valence-corrected chi connectivity index (χ1v) is 9.13. The Hall–Kier alpha value is -3.38. The first kappa shape index (κ1) is 18.0. The van der Waals surface area contributed by atoms with Crippen LogP contribution in [0.15, 0.2) is 66.9 Å². The van der Waals surface area contributed by atoms with Gasteiger partial charge in [-0.25, -0.2) is 9.78 Å². The Balaban J connectivity index is 1.41. The zero-order valence-corrected chi connectivity index (χ0v) is 15.6. The number of benzene rings is 2. The summed E-state index contributed by atoms with van der Waals surface area (Å²) in [6.45, 7) is 0.451. The van der Waals surface area contributed by atoms with Crippen molar-refractivity contribution in [1.82, 2.24) is 4.98 Å². The number of carbonyl (C=O) groups excluding carboxylic acids is 2. The highest BCUT2D eigenvalue weighted by atomic mass is 35.5. The van der Waals surface area contributed by atoms with Gasteiger partial charge in [-0.2, -0.15) is 0 Å². The number of carbonyl (C=O) groups is 2. The maximum atomic E-state index is 12.3. The van der Waals surface area contributed by atoms with Crippen molar-refractivity contribution in [2.24, 2.45) is 0 Å². The summed E-state index contributed by atoms with van der Waals surface area (Å²) in [5, 5.41) is 6.02. The van der Waals surface area contributed by atoms with Gasteiger partial charge in [0, 0.05) is 22.6 Å². The van der Waals surface area contributed by atoms with Crippen molar-refractivity contribution in [1.29, 1.82) is 0 Å². The molecule has 0 aliphatic carbocycles. The molecule has 0 fully saturated rings. The molecule has 0 spiro atoms. The smallest absolute Gasteiger partial charge is 0.308 e. The van der Waals surface area contributed by atoms with Crippen LogP contribution in [-0.2, 0) is 17.8 Å². The van der Waals surface area contributed by atoms with Crippen LogP contribution in [0, 0.1) is 0 Å². The molecular formula is C21H17ClN4O2. The van der Waals surface area contributed by atoms with E-state index in [1.165, 1.54) is 0 Å². The third kappa shape index (κ3) is 3.97. The summed E-state index contributed by atoms with van der Waals surface area (Å²) in [5.74, 6) is 0.524. The van der Waals surface area contributed by atoms with E-state index in [2.05, 4.69) is 15.6 Å². The van der Waals surface area contributed by atoms with E-state index in [4.69, 9.17) is 11.6 Å². The van der Waals surface area contributed by atoms with Crippen molar-refractivity contribution >= 4 is 40.7 Å². The van der Waals surface area contributed by atoms with E-state index < -0.39 is 0 Å². The van der Waals surface area contributed by atoms with Crippen LogP contribution >= 0.6 is 11.6 Å². The summed E-state index contributed by atoms with van der Waals surface area (Å²) in [7, 11) is 0. The standard InChI is InChI=1S/C21H17ClN4O2/c22-16-7-6-15-11-20(27)26(18(15)12-16)13-14-4-8-17(9-5-14)24-21(28)25-19-3-1-2-10-23-19/h1-10,12H,11,13H2,(H2,23,24,25,28). The van der Waals surface area contributed by atoms with E-state index in [0.29, 0.717) is 29.5 Å². The van der Waals surface area contributed by atoms with Crippen molar-refractivity contribution in [2.45, 2.75) is 13.0 Å². The second-order valence-corrected chi connectivity index (χ2v) is 6.86. The SMILES string of the molecule is O=C(Nc1ccc(CN2C(=O)Cc3ccc(Cl)cc32)cc1)Nc1ccccn1. The summed E-state index contributed by atoms with van der Waals surface area (Å²) < 4.78 is 0. The Bertz CT molecular complexity index is 1020. The van der Waals surface area contributed by atoms with Crippen LogP contribution in [0.25, 0.3) is 0 Å². The van der Waals surface area contributed by atoms with Crippen molar-refractivity contribution < 1.29 is 9.59 Å². The lowest BCUT2D eigenvalue weighted by Crippen LogP contribution is -2.26. The number of rotatable bonds is 4. The summed E-state index contributed by atoms with van der Waals surface area (Å²) in [5.41, 5.74) is 3.44. The van der Waals surface area contributed by atoms with Gasteiger partial charge < -0.3 is 10.2 Å². The lowest BCUT2D eigenvalue weighted by Gasteiger charge is -2.18. The predicted octanol–water partition coefficient (Wildman–Crippen LogP) is 4.47. The molecule has 0 saturated carbocycles. The van der Waals surface area contributed by atoms with Crippen LogP contribution < -0.4 is 15.5 Å². The molecule has 0 saturated heterocycles. The fourth-order valence-corrected chi connectivity index (χ4v) is 3.26. The first-order chi connectivity index (χ1) is 13.6. The Labute approximate surface area is 167 Å². The van der Waals surface area contributed by atoms with Crippen molar-refractivity contribution in [2.75, 3.05) is 15.5 Å². The number of fused-ring (bicyclic) bond motifs is 1. The minimum Gasteiger partial charge on any atom is -0.308 e. The monoisotopic (exact) mass is 392 g/mol. The molecule has 3 aromatic rings. The molecule has 28 heavy (non-hydrogen) atoms. The molecule has 0 bridgehead atoms. The minimum absolute atomic E-state index is 0.0502. The van der Waals surface area contributed by atoms with Gasteiger partial charge in [0.2, 0.25) is 5.91 Å². The fraction of sp³-hybridized carbons (Fsp3) is 0.0952. The van der Waals surface area contributed by atoms with E-state index in [0.717, 1.165) is 16.8 Å². The molecule has 3 amide bonds. The molecule has 6 nitrogen and oxygen atoms in total. The van der Waals surface area contributed by atoms with Crippen molar-refractivity contribution in [3.8, 4) is 0 Å². The second-order valence-electron chi connectivity index (χ2n) is 6.42. The quantitative estimate of drug-likeness (QED) is 0.688. The third-order valence-electron chi connectivity index (χ3n) is 4.44. The van der Waals surface area contributed by atoms with Gasteiger partial charge in [-0.3, -0.25) is 10.1 Å². The zero-order valence-electron chi connectivity index (χ0n) is 14.9. The highest BCUT2D eigenvalue weighted by Gasteiger charge is 2.27. The van der Waals surface area contributed by atoms with Crippen molar-refractivity contribution in [3.63, 3.8) is 0 Å². The molecular weight excluding hydrogens is 376 g/mol. The molecule has 140 valence electrons. The van der Waals surface area contributed by atoms with Gasteiger partial charge in [0.05, 0.1) is 13.0 Å². The molecule has 1 aromatic heterocycles. The topological polar surface area (TPSA) is 74.3 Å². The highest BCUT2D eigenvalue weighted by molar-refractivity contribution is 6.31. The summed E-state index contributed by atoms with van der Waals surface area (Å²) in [6, 6.07) is 17.8. The molecule has 2 N–H and O–H groups in total. The molecule has 0 unspecified atom stereocenters. The largest absolute Gasteiger partial charge is 0.324 e. The number of nitrogens with zero attached hydrogens (tertiary/aromatic N) is 2. The lowest BCUT2D eigenvalue weighted by molar-refractivity contribution is -0.117. The van der Waals surface area contributed by atoms with E-state index in [9.17, 15) is 9.59 Å². The van der Waals surface area contributed by atoms with Crippen LogP contribution in [0.2, 0.25) is 5.02 Å². The Morgan fingerprint density at radius 1 is 1.07 bits per heavy atom. The van der Waals surface area contributed by atoms with Crippen LogP contribution in [0.3, 0.4) is 0 Å². The summed E-state index contributed by atoms with van der Waals surface area (Å²) in [6.07, 6.45) is 2.00. The number of urea groups is 1. The van der Waals surface area contributed by atoms with E-state index in [1.54, 1.807) is 47.5 Å². The fourth-order valence-electron chi connectivity index (χ4n) is 3.10. The van der Waals surface area contributed by atoms with E-state index >= 15 is 0 Å². The van der Waals surface area contributed by atoms with Crippen molar-refractivity contribution in [3.05, 3.63) is 83.0 Å². The van der Waals surface area contributed by atoms with Gasteiger partial charge in [0.25, 0.3) is 0 Å². The number of nitrogens with one attached hydrogen (secondary N) is 2. The first-order valence-electron chi connectivity index (χ1n) is 8.75. The van der Waals surface area contributed by atoms with Gasteiger partial charge in [0.15, 0.2) is 0 Å². The van der Waals surface area contributed by atoms with Crippen LogP contribution in [0.4, 0.5) is 22.0 Å². The maximum absolute atomic E-state index is 12.3. The molecule has 1 aliphatic heterocycles. The van der Waals surface area contributed by atoms with Crippen LogP contribution in [0.1, 0.15) is 11.1 Å². The highest BCUT2D eigenvalue weighted by Crippen LogP contribution is 2.32. The maximum Gasteiger partial charge on any atom is 0.324 e.